The number of alkyl carbamates (subject to hydrolysis) is 1. The Hall–Kier alpha value is -2.83. The molecule has 2 rings (SSSR count). The largest absolute Gasteiger partial charge is 0.450 e. The van der Waals surface area contributed by atoms with Gasteiger partial charge in [-0.15, -0.1) is 0 Å². The number of ether oxygens (including phenoxy) is 1. The lowest BCUT2D eigenvalue weighted by atomic mass is 10.0. The third-order valence-corrected chi connectivity index (χ3v) is 3.93. The van der Waals surface area contributed by atoms with E-state index in [-0.39, 0.29) is 18.4 Å². The topological polar surface area (TPSA) is 76.5 Å². The van der Waals surface area contributed by atoms with E-state index in [9.17, 15) is 9.59 Å². The van der Waals surface area contributed by atoms with Crippen LogP contribution in [0.15, 0.2) is 42.7 Å². The molecule has 0 spiro atoms. The highest BCUT2D eigenvalue weighted by Gasteiger charge is 2.27. The van der Waals surface area contributed by atoms with Crippen molar-refractivity contribution in [2.75, 3.05) is 13.7 Å². The van der Waals surface area contributed by atoms with Crippen molar-refractivity contribution < 1.29 is 14.3 Å². The first-order valence-electron chi connectivity index (χ1n) is 8.69. The molecule has 2 aromatic rings. The third kappa shape index (κ3) is 5.08. The second kappa shape index (κ2) is 9.03. The summed E-state index contributed by atoms with van der Waals surface area (Å²) in [6.45, 7) is 6.16. The average molecular weight is 358 g/mol. The molecule has 0 aliphatic rings. The maximum atomic E-state index is 12.7. The van der Waals surface area contributed by atoms with Gasteiger partial charge in [0.2, 0.25) is 5.91 Å². The van der Waals surface area contributed by atoms with E-state index in [0.717, 1.165) is 11.3 Å². The van der Waals surface area contributed by atoms with Gasteiger partial charge in [-0.2, -0.15) is 5.10 Å². The van der Waals surface area contributed by atoms with Gasteiger partial charge in [0, 0.05) is 25.4 Å². The van der Waals surface area contributed by atoms with Crippen molar-refractivity contribution in [1.29, 1.82) is 0 Å². The van der Waals surface area contributed by atoms with Crippen LogP contribution < -0.4 is 5.32 Å². The fraction of sp³-hybridized carbons (Fsp3) is 0.421. The summed E-state index contributed by atoms with van der Waals surface area (Å²) in [7, 11) is 1.71. The van der Waals surface area contributed by atoms with E-state index in [0.29, 0.717) is 6.54 Å². The molecule has 0 saturated heterocycles. The molecule has 1 aromatic carbocycles. The molecule has 1 N–H and O–H groups in total. The van der Waals surface area contributed by atoms with Gasteiger partial charge in [0.15, 0.2) is 0 Å². The minimum absolute atomic E-state index is 0.0543. The summed E-state index contributed by atoms with van der Waals surface area (Å²) in [6.07, 6.45) is 3.05. The first-order chi connectivity index (χ1) is 12.4. The number of rotatable bonds is 7. The van der Waals surface area contributed by atoms with Gasteiger partial charge >= 0.3 is 6.09 Å². The molecular formula is C19H26N4O3. The highest BCUT2D eigenvalue weighted by Crippen LogP contribution is 2.12. The Morgan fingerprint density at radius 3 is 2.58 bits per heavy atom. The normalized spacial score (nSPS) is 11.9. The van der Waals surface area contributed by atoms with E-state index in [2.05, 4.69) is 10.4 Å². The summed E-state index contributed by atoms with van der Waals surface area (Å²) in [4.78, 5) is 26.0. The van der Waals surface area contributed by atoms with Crippen LogP contribution in [0.4, 0.5) is 4.79 Å². The van der Waals surface area contributed by atoms with Gasteiger partial charge in [0.25, 0.3) is 0 Å². The number of benzene rings is 1. The first kappa shape index (κ1) is 19.5. The summed E-state index contributed by atoms with van der Waals surface area (Å²) < 4.78 is 6.66. The highest BCUT2D eigenvalue weighted by molar-refractivity contribution is 5.85. The first-order valence-corrected chi connectivity index (χ1v) is 8.69. The lowest BCUT2D eigenvalue weighted by Gasteiger charge is -2.26. The fourth-order valence-corrected chi connectivity index (χ4v) is 2.57. The van der Waals surface area contributed by atoms with Gasteiger partial charge < -0.3 is 15.0 Å². The van der Waals surface area contributed by atoms with Crippen LogP contribution in [-0.2, 0) is 16.1 Å². The number of amides is 2. The Kier molecular flexibility index (Phi) is 6.77. The summed E-state index contributed by atoms with van der Waals surface area (Å²) in [5.74, 6) is -0.220. The number of carbonyl (C=O) groups is 2. The predicted octanol–water partition coefficient (Wildman–Crippen LogP) is 2.60. The number of aromatic nitrogens is 2. The van der Waals surface area contributed by atoms with Crippen molar-refractivity contribution in [3.05, 3.63) is 48.3 Å². The smallest absolute Gasteiger partial charge is 0.407 e. The second-order valence-corrected chi connectivity index (χ2v) is 6.41. The van der Waals surface area contributed by atoms with Gasteiger partial charge in [-0.1, -0.05) is 32.0 Å². The van der Waals surface area contributed by atoms with Gasteiger partial charge in [-0.05, 0) is 25.0 Å². The zero-order valence-corrected chi connectivity index (χ0v) is 15.7. The van der Waals surface area contributed by atoms with E-state index in [1.165, 1.54) is 0 Å². The lowest BCUT2D eigenvalue weighted by molar-refractivity contribution is -0.133. The van der Waals surface area contributed by atoms with Crippen molar-refractivity contribution in [2.24, 2.45) is 5.92 Å². The number of nitrogens with one attached hydrogen (secondary N) is 1. The van der Waals surface area contributed by atoms with Crippen LogP contribution in [0.5, 0.6) is 0 Å². The minimum Gasteiger partial charge on any atom is -0.450 e. The number of hydrogen-bond donors (Lipinski definition) is 1. The standard InChI is InChI=1S/C19H26N4O3/c1-5-26-19(25)21-17(14(2)3)18(24)22(4)12-15-11-20-23(13-15)16-9-7-6-8-10-16/h6-11,13-14,17H,5,12H2,1-4H3,(H,21,25). The van der Waals surface area contributed by atoms with E-state index in [1.54, 1.807) is 29.7 Å². The zero-order valence-electron chi connectivity index (χ0n) is 15.7. The van der Waals surface area contributed by atoms with Crippen molar-refractivity contribution in [2.45, 2.75) is 33.4 Å². The van der Waals surface area contributed by atoms with Crippen molar-refractivity contribution in [1.82, 2.24) is 20.0 Å². The average Bonchev–Trinajstić information content (AvgIpc) is 3.08. The summed E-state index contributed by atoms with van der Waals surface area (Å²) in [6, 6.07) is 9.13. The van der Waals surface area contributed by atoms with E-state index in [4.69, 9.17) is 4.74 Å². The Morgan fingerprint density at radius 2 is 1.96 bits per heavy atom. The van der Waals surface area contributed by atoms with Gasteiger partial charge in [-0.25, -0.2) is 9.48 Å². The van der Waals surface area contributed by atoms with Gasteiger partial charge in [0.1, 0.15) is 6.04 Å². The Morgan fingerprint density at radius 1 is 1.27 bits per heavy atom. The van der Waals surface area contributed by atoms with Crippen LogP contribution in [-0.4, -0.2) is 46.4 Å². The predicted molar refractivity (Wildman–Crippen MR) is 98.8 cm³/mol. The van der Waals surface area contributed by atoms with Crippen molar-refractivity contribution in [3.8, 4) is 5.69 Å². The van der Waals surface area contributed by atoms with Gasteiger partial charge in [-0.3, -0.25) is 4.79 Å². The van der Waals surface area contributed by atoms with Crippen LogP contribution in [0.2, 0.25) is 0 Å². The van der Waals surface area contributed by atoms with Crippen molar-refractivity contribution in [3.63, 3.8) is 0 Å². The molecule has 26 heavy (non-hydrogen) atoms. The molecule has 7 nitrogen and oxygen atoms in total. The van der Waals surface area contributed by atoms with Crippen LogP contribution in [0.1, 0.15) is 26.3 Å². The zero-order chi connectivity index (χ0) is 19.1. The molecule has 0 fully saturated rings. The Balaban J connectivity index is 2.03. The van der Waals surface area contributed by atoms with E-state index < -0.39 is 12.1 Å². The molecule has 0 aliphatic carbocycles. The summed E-state index contributed by atoms with van der Waals surface area (Å²) in [5, 5.41) is 6.98. The van der Waals surface area contributed by atoms with Crippen LogP contribution in [0, 0.1) is 5.92 Å². The summed E-state index contributed by atoms with van der Waals surface area (Å²) >= 11 is 0. The molecule has 0 radical (unpaired) electrons. The number of hydrogen-bond acceptors (Lipinski definition) is 4. The van der Waals surface area contributed by atoms with Crippen LogP contribution >= 0.6 is 0 Å². The molecule has 7 heteroatoms. The molecule has 0 aliphatic heterocycles. The van der Waals surface area contributed by atoms with Crippen molar-refractivity contribution >= 4 is 12.0 Å². The van der Waals surface area contributed by atoms with Crippen LogP contribution in [0.25, 0.3) is 5.69 Å². The Labute approximate surface area is 153 Å². The molecule has 0 saturated carbocycles. The SMILES string of the molecule is CCOC(=O)NC(C(=O)N(C)Cc1cnn(-c2ccccc2)c1)C(C)C. The molecule has 1 heterocycles. The number of carbonyl (C=O) groups excluding carboxylic acids is 2. The molecule has 2 amide bonds. The quantitative estimate of drug-likeness (QED) is 0.825. The molecule has 1 aromatic heterocycles. The molecule has 0 bridgehead atoms. The number of nitrogens with zero attached hydrogens (tertiary/aromatic N) is 3. The number of para-hydroxylation sites is 1. The van der Waals surface area contributed by atoms with Gasteiger partial charge in [0.05, 0.1) is 18.5 Å². The van der Waals surface area contributed by atoms with E-state index >= 15 is 0 Å². The van der Waals surface area contributed by atoms with E-state index in [1.807, 2.05) is 50.4 Å². The lowest BCUT2D eigenvalue weighted by Crippen LogP contribution is -2.50. The summed E-state index contributed by atoms with van der Waals surface area (Å²) in [5.41, 5.74) is 1.86. The van der Waals surface area contributed by atoms with Crippen LogP contribution in [0.3, 0.4) is 0 Å². The monoisotopic (exact) mass is 358 g/mol. The maximum Gasteiger partial charge on any atom is 0.407 e. The molecule has 140 valence electrons. The second-order valence-electron chi connectivity index (χ2n) is 6.41. The molecule has 1 unspecified atom stereocenters. The fourth-order valence-electron chi connectivity index (χ4n) is 2.57. The highest BCUT2D eigenvalue weighted by atomic mass is 16.5. The molecule has 1 atom stereocenters. The third-order valence-electron chi connectivity index (χ3n) is 3.93. The maximum absolute atomic E-state index is 12.7. The number of likely N-dealkylation sites (N-methyl/N-ethyl adjacent to an activating group) is 1. The minimum atomic E-state index is -0.636. The molecular weight excluding hydrogens is 332 g/mol. The Bertz CT molecular complexity index is 727.